The molecule has 0 radical (unpaired) electrons. The third kappa shape index (κ3) is 8.98. The third-order valence-electron chi connectivity index (χ3n) is 10.9. The molecule has 4 rings (SSSR count). The number of urea groups is 1. The normalized spacial score (nSPS) is 25.4. The van der Waals surface area contributed by atoms with Gasteiger partial charge in [-0.05, 0) is 82.5 Å². The van der Waals surface area contributed by atoms with E-state index < -0.39 is 62.4 Å². The van der Waals surface area contributed by atoms with Gasteiger partial charge in [0.2, 0.25) is 17.6 Å². The van der Waals surface area contributed by atoms with E-state index in [9.17, 15) is 32.4 Å². The fraction of sp³-hybridized carbons (Fsp3) is 0.800. The molecular formula is C35H57N5O7S. The van der Waals surface area contributed by atoms with Crippen molar-refractivity contribution in [1.82, 2.24) is 26.2 Å². The quantitative estimate of drug-likeness (QED) is 0.160. The SMILES string of the molecule is C=CCCC(NC(=O)C1C2C(CN1C(=O)C(NC(=O)NC(C)(C)C)C1CCCCC1)C2(C)C)C(=O)C(=O)NCCS(=O)(=O)C1CCCC1. The molecule has 5 unspecified atom stereocenters. The van der Waals surface area contributed by atoms with Gasteiger partial charge in [-0.3, -0.25) is 19.2 Å². The molecule has 3 saturated carbocycles. The number of Topliss-reactive ketones (excluding diaryl/α,β-unsaturated/α-hetero) is 1. The van der Waals surface area contributed by atoms with Gasteiger partial charge in [0.1, 0.15) is 12.1 Å². The van der Waals surface area contributed by atoms with Gasteiger partial charge >= 0.3 is 6.03 Å². The first kappa shape index (κ1) is 37.9. The molecule has 1 saturated heterocycles. The first-order chi connectivity index (χ1) is 22.5. The van der Waals surface area contributed by atoms with Crippen molar-refractivity contribution in [3.05, 3.63) is 12.7 Å². The first-order valence-electron chi connectivity index (χ1n) is 17.8. The number of amides is 5. The van der Waals surface area contributed by atoms with E-state index in [1.807, 2.05) is 20.8 Å². The topological polar surface area (TPSA) is 171 Å². The van der Waals surface area contributed by atoms with Crippen molar-refractivity contribution < 1.29 is 32.4 Å². The highest BCUT2D eigenvalue weighted by atomic mass is 32.2. The van der Waals surface area contributed by atoms with Crippen LogP contribution >= 0.6 is 0 Å². The predicted octanol–water partition coefficient (Wildman–Crippen LogP) is 3.01. The number of nitrogens with zero attached hydrogens (tertiary/aromatic N) is 1. The second-order valence-corrected chi connectivity index (χ2v) is 18.3. The van der Waals surface area contributed by atoms with Crippen molar-refractivity contribution in [1.29, 1.82) is 0 Å². The maximum atomic E-state index is 14.3. The molecule has 5 amide bonds. The maximum Gasteiger partial charge on any atom is 0.315 e. The number of likely N-dealkylation sites (tertiary alicyclic amines) is 1. The zero-order valence-corrected chi connectivity index (χ0v) is 30.3. The van der Waals surface area contributed by atoms with Crippen molar-refractivity contribution >= 4 is 39.4 Å². The number of carbonyl (C=O) groups is 5. The van der Waals surface area contributed by atoms with Crippen LogP contribution in [0.3, 0.4) is 0 Å². The number of carbonyl (C=O) groups excluding carboxylic acids is 5. The van der Waals surface area contributed by atoms with Gasteiger partial charge in [-0.25, -0.2) is 13.2 Å². The fourth-order valence-electron chi connectivity index (χ4n) is 8.14. The maximum absolute atomic E-state index is 14.3. The van der Waals surface area contributed by atoms with Gasteiger partial charge in [-0.1, -0.05) is 52.0 Å². The molecule has 0 aromatic heterocycles. The number of rotatable bonds is 14. The number of piperidine rings is 1. The number of allylic oxidation sites excluding steroid dienone is 1. The van der Waals surface area contributed by atoms with Gasteiger partial charge in [0.15, 0.2) is 9.84 Å². The van der Waals surface area contributed by atoms with E-state index in [2.05, 4.69) is 41.7 Å². The van der Waals surface area contributed by atoms with Crippen molar-refractivity contribution in [2.45, 2.75) is 134 Å². The highest BCUT2D eigenvalue weighted by Gasteiger charge is 2.69. The van der Waals surface area contributed by atoms with Crippen LogP contribution in [0.15, 0.2) is 12.7 Å². The predicted molar refractivity (Wildman–Crippen MR) is 183 cm³/mol. The average molecular weight is 692 g/mol. The molecule has 48 heavy (non-hydrogen) atoms. The number of fused-ring (bicyclic) bond motifs is 1. The van der Waals surface area contributed by atoms with E-state index in [1.54, 1.807) is 11.0 Å². The lowest BCUT2D eigenvalue weighted by atomic mass is 9.83. The summed E-state index contributed by atoms with van der Waals surface area (Å²) < 4.78 is 25.3. The van der Waals surface area contributed by atoms with E-state index in [0.717, 1.165) is 44.9 Å². The lowest BCUT2D eigenvalue weighted by Crippen LogP contribution is -2.61. The van der Waals surface area contributed by atoms with Gasteiger partial charge < -0.3 is 26.2 Å². The Morgan fingerprint density at radius 2 is 1.58 bits per heavy atom. The molecule has 12 nitrogen and oxygen atoms in total. The summed E-state index contributed by atoms with van der Waals surface area (Å²) in [6.45, 7) is 13.6. The third-order valence-corrected chi connectivity index (χ3v) is 13.2. The average Bonchev–Trinajstić information content (AvgIpc) is 3.48. The highest BCUT2D eigenvalue weighted by Crippen LogP contribution is 2.65. The Morgan fingerprint density at radius 3 is 2.19 bits per heavy atom. The minimum absolute atomic E-state index is 0.0614. The fourth-order valence-corrected chi connectivity index (χ4v) is 9.91. The molecule has 0 aromatic rings. The monoisotopic (exact) mass is 691 g/mol. The molecule has 4 N–H and O–H groups in total. The first-order valence-corrected chi connectivity index (χ1v) is 19.5. The molecular weight excluding hydrogens is 634 g/mol. The molecule has 0 bridgehead atoms. The van der Waals surface area contributed by atoms with Gasteiger partial charge in [-0.15, -0.1) is 6.58 Å². The van der Waals surface area contributed by atoms with Crippen LogP contribution in [-0.4, -0.2) is 90.6 Å². The van der Waals surface area contributed by atoms with Crippen LogP contribution in [0.4, 0.5) is 4.79 Å². The Kier molecular flexibility index (Phi) is 12.1. The van der Waals surface area contributed by atoms with Crippen LogP contribution in [0, 0.1) is 23.2 Å². The van der Waals surface area contributed by atoms with Crippen molar-refractivity contribution in [3.8, 4) is 0 Å². The Bertz CT molecular complexity index is 1340. The molecule has 1 heterocycles. The molecule has 1 aliphatic heterocycles. The standard InChI is InChI=1S/C35H57N5O7S/c1-7-8-18-25(29(41)31(43)36-19-20-48(46,47)23-16-12-13-17-23)37-30(42)28-26-24(35(26,5)6)21-40(28)32(44)27(22-14-10-9-11-15-22)38-33(45)39-34(2,3)4/h7,22-28H,1,8-21H2,2-6H3,(H,36,43)(H,37,42)(H2,38,39,45). The van der Waals surface area contributed by atoms with E-state index in [-0.39, 0.29) is 47.8 Å². The number of ketones is 1. The number of sulfone groups is 1. The summed E-state index contributed by atoms with van der Waals surface area (Å²) in [7, 11) is -3.38. The van der Waals surface area contributed by atoms with Crippen LogP contribution in [0.2, 0.25) is 0 Å². The minimum atomic E-state index is -3.38. The van der Waals surface area contributed by atoms with E-state index in [1.165, 1.54) is 0 Å². The zero-order chi connectivity index (χ0) is 35.4. The summed E-state index contributed by atoms with van der Waals surface area (Å²) in [4.78, 5) is 69.3. The Morgan fingerprint density at radius 1 is 0.958 bits per heavy atom. The smallest absolute Gasteiger partial charge is 0.315 e. The Hall–Kier alpha value is -2.96. The second-order valence-electron chi connectivity index (χ2n) is 15.9. The second kappa shape index (κ2) is 15.3. The Labute approximate surface area is 286 Å². The van der Waals surface area contributed by atoms with Crippen molar-refractivity contribution in [3.63, 3.8) is 0 Å². The highest BCUT2D eigenvalue weighted by molar-refractivity contribution is 7.92. The van der Waals surface area contributed by atoms with Gasteiger partial charge in [0.25, 0.3) is 5.91 Å². The number of nitrogens with one attached hydrogen (secondary N) is 4. The zero-order valence-electron chi connectivity index (χ0n) is 29.4. The molecule has 0 aromatic carbocycles. The lowest BCUT2D eigenvalue weighted by Gasteiger charge is -2.37. The molecule has 13 heteroatoms. The van der Waals surface area contributed by atoms with Crippen LogP contribution in [0.1, 0.15) is 105 Å². The van der Waals surface area contributed by atoms with Crippen LogP contribution < -0.4 is 21.3 Å². The van der Waals surface area contributed by atoms with Crippen LogP contribution in [0.5, 0.6) is 0 Å². The van der Waals surface area contributed by atoms with Gasteiger partial charge in [0, 0.05) is 18.6 Å². The van der Waals surface area contributed by atoms with Gasteiger partial charge in [-0.2, -0.15) is 0 Å². The molecule has 3 aliphatic carbocycles. The molecule has 270 valence electrons. The summed E-state index contributed by atoms with van der Waals surface area (Å²) in [6.07, 6.45) is 9.61. The summed E-state index contributed by atoms with van der Waals surface area (Å²) in [5, 5.41) is 10.7. The van der Waals surface area contributed by atoms with E-state index in [4.69, 9.17) is 0 Å². The van der Waals surface area contributed by atoms with Crippen molar-refractivity contribution in [2.75, 3.05) is 18.8 Å². The largest absolute Gasteiger partial charge is 0.348 e. The summed E-state index contributed by atoms with van der Waals surface area (Å²) in [6, 6.07) is -3.28. The van der Waals surface area contributed by atoms with Gasteiger partial charge in [0.05, 0.1) is 17.0 Å². The molecule has 5 atom stereocenters. The minimum Gasteiger partial charge on any atom is -0.348 e. The number of hydrogen-bond donors (Lipinski definition) is 4. The van der Waals surface area contributed by atoms with Crippen LogP contribution in [-0.2, 0) is 29.0 Å². The molecule has 4 fully saturated rings. The number of hydrogen-bond acceptors (Lipinski definition) is 7. The Balaban J connectivity index is 1.48. The lowest BCUT2D eigenvalue weighted by molar-refractivity contribution is -0.144. The summed E-state index contributed by atoms with van der Waals surface area (Å²) >= 11 is 0. The van der Waals surface area contributed by atoms with Crippen molar-refractivity contribution in [2.24, 2.45) is 23.2 Å². The van der Waals surface area contributed by atoms with E-state index >= 15 is 0 Å². The summed E-state index contributed by atoms with van der Waals surface area (Å²) in [5.74, 6) is -3.00. The summed E-state index contributed by atoms with van der Waals surface area (Å²) in [5.41, 5.74) is -0.700. The molecule has 4 aliphatic rings. The van der Waals surface area contributed by atoms with E-state index in [0.29, 0.717) is 25.8 Å². The van der Waals surface area contributed by atoms with Crippen LogP contribution in [0.25, 0.3) is 0 Å². The molecule has 0 spiro atoms.